The highest BCUT2D eigenvalue weighted by Gasteiger charge is 2.10. The molecule has 0 spiro atoms. The molecular weight excluding hydrogens is 274 g/mol. The smallest absolute Gasteiger partial charge is 0.126 e. The number of hydrogen-bond acceptors (Lipinski definition) is 3. The molecule has 0 atom stereocenters. The lowest BCUT2D eigenvalue weighted by atomic mass is 10.1. The molecule has 3 N–H and O–H groups in total. The molecule has 4 aromatic rings. The van der Waals surface area contributed by atoms with E-state index in [-0.39, 0.29) is 5.75 Å². The number of aromatic nitrogens is 2. The van der Waals surface area contributed by atoms with Gasteiger partial charge in [0, 0.05) is 22.5 Å². The van der Waals surface area contributed by atoms with Gasteiger partial charge in [0.05, 0.1) is 17.6 Å². The normalized spacial score (nSPS) is 11.1. The average molecular weight is 289 g/mol. The van der Waals surface area contributed by atoms with Crippen molar-refractivity contribution in [2.24, 2.45) is 0 Å². The molecule has 22 heavy (non-hydrogen) atoms. The van der Waals surface area contributed by atoms with Crippen LogP contribution in [0.25, 0.3) is 21.8 Å². The number of nitrogens with zero attached hydrogens (tertiary/aromatic N) is 1. The predicted molar refractivity (Wildman–Crippen MR) is 89.0 cm³/mol. The van der Waals surface area contributed by atoms with Crippen molar-refractivity contribution < 1.29 is 5.11 Å². The topological polar surface area (TPSA) is 60.9 Å². The van der Waals surface area contributed by atoms with E-state index in [9.17, 15) is 5.11 Å². The second kappa shape index (κ2) is 5.07. The molecule has 0 aliphatic rings. The summed E-state index contributed by atoms with van der Waals surface area (Å²) in [5.74, 6) is 1.11. The van der Waals surface area contributed by atoms with Crippen molar-refractivity contribution >= 4 is 27.5 Å². The van der Waals surface area contributed by atoms with Gasteiger partial charge in [0.1, 0.15) is 11.6 Å². The Labute approximate surface area is 127 Å². The number of phenolic OH excluding ortho intramolecular Hbond substituents is 1. The van der Waals surface area contributed by atoms with Gasteiger partial charge in [-0.3, -0.25) is 0 Å². The fraction of sp³-hybridized carbons (Fsp3) is 0.0556. The molecule has 4 nitrogen and oxygen atoms in total. The van der Waals surface area contributed by atoms with Crippen LogP contribution in [0.5, 0.6) is 5.75 Å². The van der Waals surface area contributed by atoms with Crippen LogP contribution in [0.15, 0.2) is 60.7 Å². The maximum absolute atomic E-state index is 10.1. The van der Waals surface area contributed by atoms with Crippen molar-refractivity contribution in [1.29, 1.82) is 0 Å². The molecule has 0 radical (unpaired) electrons. The molecule has 0 aliphatic heterocycles. The maximum atomic E-state index is 10.1. The number of aromatic amines is 1. The zero-order valence-electron chi connectivity index (χ0n) is 11.9. The van der Waals surface area contributed by atoms with Crippen LogP contribution >= 0.6 is 0 Å². The van der Waals surface area contributed by atoms with Gasteiger partial charge in [-0.05, 0) is 12.1 Å². The highest BCUT2D eigenvalue weighted by atomic mass is 16.3. The number of para-hydroxylation sites is 1. The summed E-state index contributed by atoms with van der Waals surface area (Å²) in [4.78, 5) is 7.93. The van der Waals surface area contributed by atoms with E-state index < -0.39 is 0 Å². The van der Waals surface area contributed by atoms with Gasteiger partial charge in [-0.1, -0.05) is 42.5 Å². The highest BCUT2D eigenvalue weighted by molar-refractivity contribution is 6.07. The summed E-state index contributed by atoms with van der Waals surface area (Å²) in [6.45, 7) is 0.605. The van der Waals surface area contributed by atoms with E-state index in [2.05, 4.69) is 15.3 Å². The van der Waals surface area contributed by atoms with Crippen molar-refractivity contribution in [3.05, 3.63) is 66.5 Å². The molecule has 0 bridgehead atoms. The largest absolute Gasteiger partial charge is 0.507 e. The quantitative estimate of drug-likeness (QED) is 0.533. The van der Waals surface area contributed by atoms with E-state index in [1.807, 2.05) is 54.6 Å². The molecule has 0 unspecified atom stereocenters. The Morgan fingerprint density at radius 1 is 0.955 bits per heavy atom. The number of benzene rings is 3. The minimum atomic E-state index is 0.273. The Morgan fingerprint density at radius 2 is 1.68 bits per heavy atom. The third-order valence-electron chi connectivity index (χ3n) is 3.75. The van der Waals surface area contributed by atoms with Crippen molar-refractivity contribution in [2.75, 3.05) is 5.32 Å². The summed E-state index contributed by atoms with van der Waals surface area (Å²) in [6, 6.07) is 19.5. The standard InChI is InChI=1S/C18H15N3O/c22-16-10-15-18(14-9-5-4-8-13(14)16)21-17(20-15)11-19-12-6-2-1-3-7-12/h1-10,19,22H,11H2,(H,20,21). The third-order valence-corrected chi connectivity index (χ3v) is 3.75. The fourth-order valence-electron chi connectivity index (χ4n) is 2.70. The Hall–Kier alpha value is -3.01. The van der Waals surface area contributed by atoms with Gasteiger partial charge in [0.25, 0.3) is 0 Å². The van der Waals surface area contributed by atoms with Crippen LogP contribution in [0.3, 0.4) is 0 Å². The first-order valence-corrected chi connectivity index (χ1v) is 7.19. The Bertz CT molecular complexity index is 945. The predicted octanol–water partition coefficient (Wildman–Crippen LogP) is 4.03. The van der Waals surface area contributed by atoms with Crippen LogP contribution < -0.4 is 5.32 Å². The first kappa shape index (κ1) is 12.7. The third kappa shape index (κ3) is 2.15. The van der Waals surface area contributed by atoms with E-state index in [0.717, 1.165) is 33.3 Å². The summed E-state index contributed by atoms with van der Waals surface area (Å²) in [5, 5.41) is 15.2. The number of aromatic hydroxyl groups is 1. The molecule has 0 fully saturated rings. The van der Waals surface area contributed by atoms with Crippen LogP contribution in [-0.4, -0.2) is 15.1 Å². The van der Waals surface area contributed by atoms with Gasteiger partial charge in [-0.25, -0.2) is 4.98 Å². The summed E-state index contributed by atoms with van der Waals surface area (Å²) in [7, 11) is 0. The van der Waals surface area contributed by atoms with Gasteiger partial charge in [0.2, 0.25) is 0 Å². The fourth-order valence-corrected chi connectivity index (χ4v) is 2.70. The Kier molecular flexibility index (Phi) is 2.93. The van der Waals surface area contributed by atoms with E-state index in [1.54, 1.807) is 6.07 Å². The summed E-state index contributed by atoms with van der Waals surface area (Å²) >= 11 is 0. The second-order valence-electron chi connectivity index (χ2n) is 5.24. The molecule has 3 aromatic carbocycles. The minimum absolute atomic E-state index is 0.273. The van der Waals surface area contributed by atoms with Crippen LogP contribution in [0.2, 0.25) is 0 Å². The maximum Gasteiger partial charge on any atom is 0.126 e. The van der Waals surface area contributed by atoms with Crippen LogP contribution in [0.4, 0.5) is 5.69 Å². The zero-order chi connectivity index (χ0) is 14.9. The number of hydrogen-bond donors (Lipinski definition) is 3. The molecule has 0 saturated carbocycles. The van der Waals surface area contributed by atoms with Gasteiger partial charge < -0.3 is 15.4 Å². The SMILES string of the molecule is Oc1cc2[nH]c(CNc3ccccc3)nc2c2ccccc12. The Balaban J connectivity index is 1.73. The van der Waals surface area contributed by atoms with Crippen LogP contribution in [-0.2, 0) is 6.54 Å². The van der Waals surface area contributed by atoms with Crippen molar-refractivity contribution in [3.8, 4) is 5.75 Å². The van der Waals surface area contributed by atoms with E-state index in [1.165, 1.54) is 0 Å². The van der Waals surface area contributed by atoms with Gasteiger partial charge in [-0.2, -0.15) is 0 Å². The number of phenols is 1. The van der Waals surface area contributed by atoms with Crippen molar-refractivity contribution in [3.63, 3.8) is 0 Å². The lowest BCUT2D eigenvalue weighted by molar-refractivity contribution is 0.482. The highest BCUT2D eigenvalue weighted by Crippen LogP contribution is 2.31. The average Bonchev–Trinajstić information content (AvgIpc) is 2.97. The number of anilines is 1. The zero-order valence-corrected chi connectivity index (χ0v) is 11.9. The molecule has 108 valence electrons. The molecule has 0 aliphatic carbocycles. The van der Waals surface area contributed by atoms with Gasteiger partial charge >= 0.3 is 0 Å². The summed E-state index contributed by atoms with van der Waals surface area (Å²) < 4.78 is 0. The first-order chi connectivity index (χ1) is 10.8. The van der Waals surface area contributed by atoms with Crippen molar-refractivity contribution in [1.82, 2.24) is 9.97 Å². The molecule has 4 rings (SSSR count). The number of H-pyrrole nitrogens is 1. The van der Waals surface area contributed by atoms with Crippen molar-refractivity contribution in [2.45, 2.75) is 6.54 Å². The van der Waals surface area contributed by atoms with E-state index in [4.69, 9.17) is 0 Å². The molecule has 0 saturated heterocycles. The summed E-state index contributed by atoms with van der Waals surface area (Å²) in [6.07, 6.45) is 0. The molecule has 1 heterocycles. The van der Waals surface area contributed by atoms with E-state index >= 15 is 0 Å². The minimum Gasteiger partial charge on any atom is -0.507 e. The van der Waals surface area contributed by atoms with E-state index in [0.29, 0.717) is 6.54 Å². The van der Waals surface area contributed by atoms with Gasteiger partial charge in [-0.15, -0.1) is 0 Å². The number of rotatable bonds is 3. The van der Waals surface area contributed by atoms with Gasteiger partial charge in [0.15, 0.2) is 0 Å². The molecular formula is C18H15N3O. The molecule has 1 aromatic heterocycles. The molecule has 0 amide bonds. The van der Waals surface area contributed by atoms with Crippen LogP contribution in [0.1, 0.15) is 5.82 Å². The lowest BCUT2D eigenvalue weighted by Gasteiger charge is -2.02. The number of nitrogens with one attached hydrogen (secondary N) is 2. The lowest BCUT2D eigenvalue weighted by Crippen LogP contribution is -2.00. The first-order valence-electron chi connectivity index (χ1n) is 7.19. The van der Waals surface area contributed by atoms with Crippen LogP contribution in [0, 0.1) is 0 Å². The monoisotopic (exact) mass is 289 g/mol. The summed E-state index contributed by atoms with van der Waals surface area (Å²) in [5.41, 5.74) is 2.79. The Morgan fingerprint density at radius 3 is 2.50 bits per heavy atom. The number of fused-ring (bicyclic) bond motifs is 3. The second-order valence-corrected chi connectivity index (χ2v) is 5.24. The number of imidazole rings is 1. The molecule has 4 heteroatoms.